The fourth-order valence-electron chi connectivity index (χ4n) is 5.34. The number of hydrogen-bond donors (Lipinski definition) is 0. The summed E-state index contributed by atoms with van der Waals surface area (Å²) in [6, 6.07) is 0. The summed E-state index contributed by atoms with van der Waals surface area (Å²) in [5, 5.41) is 0. The van der Waals surface area contributed by atoms with Gasteiger partial charge in [-0.25, -0.2) is 0 Å². The van der Waals surface area contributed by atoms with E-state index in [0.29, 0.717) is 5.73 Å². The van der Waals surface area contributed by atoms with Crippen LogP contribution in [-0.2, 0) is 4.43 Å². The van der Waals surface area contributed by atoms with Crippen molar-refractivity contribution < 1.29 is 4.43 Å². The van der Waals surface area contributed by atoms with Crippen LogP contribution in [0.1, 0.15) is 33.6 Å². The smallest absolute Gasteiger partial charge is 0.183 e. The number of nitrogens with zero attached hydrogens (tertiary/aromatic N) is 1. The van der Waals surface area contributed by atoms with Crippen molar-refractivity contribution >= 4 is 30.8 Å². The molecule has 0 N–H and O–H groups in total. The third-order valence-electron chi connectivity index (χ3n) is 5.53. The molecule has 1 unspecified atom stereocenters. The van der Waals surface area contributed by atoms with Gasteiger partial charge in [0.25, 0.3) is 0 Å². The summed E-state index contributed by atoms with van der Waals surface area (Å²) in [4.78, 5) is 0. The zero-order chi connectivity index (χ0) is 19.2. The second-order valence-corrected chi connectivity index (χ2v) is 43.2. The van der Waals surface area contributed by atoms with E-state index in [1.807, 2.05) is 0 Å². The van der Waals surface area contributed by atoms with Crippen LogP contribution in [0.15, 0.2) is 0 Å². The van der Waals surface area contributed by atoms with E-state index in [9.17, 15) is 0 Å². The lowest BCUT2D eigenvalue weighted by Crippen LogP contribution is -2.87. The Morgan fingerprint density at radius 1 is 0.750 bits per heavy atom. The van der Waals surface area contributed by atoms with E-state index in [1.165, 1.54) is 25.9 Å². The molecule has 1 aliphatic rings. The van der Waals surface area contributed by atoms with E-state index >= 15 is 0 Å². The van der Waals surface area contributed by atoms with Gasteiger partial charge in [-0.3, -0.25) is 0 Å². The number of hydrogen-bond acceptors (Lipinski definition) is 2. The molecule has 1 rings (SSSR count). The molecule has 0 aromatic heterocycles. The Balaban J connectivity index is 3.69. The van der Waals surface area contributed by atoms with Crippen molar-refractivity contribution in [3.05, 3.63) is 0 Å². The molecule has 144 valence electrons. The first kappa shape index (κ1) is 22.8. The van der Waals surface area contributed by atoms with Gasteiger partial charge >= 0.3 is 0 Å². The molecule has 24 heavy (non-hydrogen) atoms. The Labute approximate surface area is 156 Å². The first-order valence-electron chi connectivity index (χ1n) is 9.87. The van der Waals surface area contributed by atoms with Crippen molar-refractivity contribution in [1.82, 2.24) is 4.57 Å². The van der Waals surface area contributed by atoms with Crippen molar-refractivity contribution in [1.29, 1.82) is 0 Å². The van der Waals surface area contributed by atoms with Gasteiger partial charge in [0.05, 0.1) is 20.9 Å². The largest absolute Gasteiger partial charge is 0.416 e. The molecule has 0 bridgehead atoms. The second-order valence-electron chi connectivity index (χ2n) is 11.9. The normalized spacial score (nSPS) is 20.5. The highest BCUT2D eigenvalue weighted by Crippen LogP contribution is 2.45. The molecule has 1 fully saturated rings. The molecule has 1 atom stereocenters. The molecule has 0 amide bonds. The Morgan fingerprint density at radius 2 is 1.12 bits per heavy atom. The van der Waals surface area contributed by atoms with Crippen LogP contribution < -0.4 is 0 Å². The molecule has 0 saturated carbocycles. The molecule has 0 aromatic rings. The minimum atomic E-state index is -1.72. The minimum Gasteiger partial charge on any atom is -0.416 e. The van der Waals surface area contributed by atoms with Crippen molar-refractivity contribution in [2.24, 2.45) is 5.41 Å². The van der Waals surface area contributed by atoms with Gasteiger partial charge in [0.2, 0.25) is 0 Å². The van der Waals surface area contributed by atoms with Crippen molar-refractivity contribution in [2.45, 2.75) is 98.3 Å². The van der Waals surface area contributed by atoms with Crippen molar-refractivity contribution in [2.75, 3.05) is 13.1 Å². The first-order valence-corrected chi connectivity index (χ1v) is 24.3. The van der Waals surface area contributed by atoms with Crippen LogP contribution in [0, 0.1) is 5.41 Å². The zero-order valence-electron chi connectivity index (χ0n) is 18.8. The Hall–Kier alpha value is 0.788. The fraction of sp³-hybridized carbons (Fsp3) is 1.00. The Morgan fingerprint density at radius 3 is 1.38 bits per heavy atom. The highest BCUT2D eigenvalue weighted by atomic mass is 29.6. The van der Waals surface area contributed by atoms with Gasteiger partial charge in [-0.2, -0.15) is 0 Å². The first-order chi connectivity index (χ1) is 10.4. The molecule has 0 aromatic carbocycles. The second kappa shape index (κ2) is 7.07. The van der Waals surface area contributed by atoms with Gasteiger partial charge in [0.15, 0.2) is 8.32 Å². The van der Waals surface area contributed by atoms with Crippen molar-refractivity contribution in [3.8, 4) is 0 Å². The van der Waals surface area contributed by atoms with Gasteiger partial charge in [-0.15, -0.1) is 0 Å². The summed E-state index contributed by atoms with van der Waals surface area (Å²) in [6.07, 6.45) is 2.79. The lowest BCUT2D eigenvalue weighted by molar-refractivity contribution is 0.135. The van der Waals surface area contributed by atoms with Crippen molar-refractivity contribution in [3.63, 3.8) is 0 Å². The summed E-state index contributed by atoms with van der Waals surface area (Å²) < 4.78 is 10.2. The van der Waals surface area contributed by atoms with Crippen LogP contribution in [0.5, 0.6) is 0 Å². The summed E-state index contributed by atoms with van der Waals surface area (Å²) in [5.41, 5.74) is 0.712. The van der Waals surface area contributed by atoms with E-state index in [-0.39, 0.29) is 5.41 Å². The molecule has 1 saturated heterocycles. The van der Waals surface area contributed by atoms with Gasteiger partial charge in [-0.05, 0) is 51.0 Å². The van der Waals surface area contributed by atoms with Crippen LogP contribution in [0.4, 0.5) is 0 Å². The third-order valence-corrected chi connectivity index (χ3v) is 45.2. The van der Waals surface area contributed by atoms with Gasteiger partial charge in [-0.1, -0.05) is 60.1 Å². The molecular formula is C18H45NOSi4. The van der Waals surface area contributed by atoms with Gasteiger partial charge in [0, 0.05) is 0 Å². The maximum atomic E-state index is 7.16. The lowest BCUT2D eigenvalue weighted by Gasteiger charge is -2.62. The van der Waals surface area contributed by atoms with Gasteiger partial charge in [0.1, 0.15) is 7.27 Å². The summed E-state index contributed by atoms with van der Waals surface area (Å²) >= 11 is 0. The Bertz CT molecular complexity index is 406. The highest BCUT2D eigenvalue weighted by molar-refractivity contribution is 7.68. The van der Waals surface area contributed by atoms with E-state index < -0.39 is 30.8 Å². The van der Waals surface area contributed by atoms with Crippen LogP contribution in [0.2, 0.25) is 58.9 Å². The maximum Gasteiger partial charge on any atom is 0.183 e. The van der Waals surface area contributed by atoms with E-state index in [0.717, 1.165) is 0 Å². The van der Waals surface area contributed by atoms with E-state index in [2.05, 4.69) is 84.3 Å². The molecule has 1 aliphatic heterocycles. The van der Waals surface area contributed by atoms with E-state index in [1.54, 1.807) is 0 Å². The molecule has 2 nitrogen and oxygen atoms in total. The molecule has 0 aliphatic carbocycles. The van der Waals surface area contributed by atoms with Crippen LogP contribution in [-0.4, -0.2) is 54.2 Å². The van der Waals surface area contributed by atoms with Crippen LogP contribution >= 0.6 is 0 Å². The Kier molecular flexibility index (Phi) is 6.73. The predicted molar refractivity (Wildman–Crippen MR) is 121 cm³/mol. The highest BCUT2D eigenvalue weighted by Gasteiger charge is 2.66. The molecule has 0 radical (unpaired) electrons. The van der Waals surface area contributed by atoms with E-state index in [4.69, 9.17) is 4.43 Å². The zero-order valence-corrected chi connectivity index (χ0v) is 22.8. The average Bonchev–Trinajstić information content (AvgIpc) is 2.75. The number of rotatable bonds is 6. The molecule has 0 spiro atoms. The lowest BCUT2D eigenvalue weighted by atomic mass is 9.98. The summed E-state index contributed by atoms with van der Waals surface area (Å²) in [6.45, 7) is 33.2. The van der Waals surface area contributed by atoms with Crippen LogP contribution in [0.3, 0.4) is 0 Å². The fourth-order valence-corrected chi connectivity index (χ4v) is 58.9. The summed E-state index contributed by atoms with van der Waals surface area (Å²) in [7, 11) is -6.09. The topological polar surface area (TPSA) is 12.5 Å². The molecular weight excluding hydrogens is 359 g/mol. The predicted octanol–water partition coefficient (Wildman–Crippen LogP) is 5.67. The standard InChI is InChI=1S/C18H45NOSi4/c1-18(2,3)17(20-21(4,5)6)24(22(7,8)9,23(10,11)12)19-15-13-14-16-19/h17H,13-16H2,1-12H3. The monoisotopic (exact) mass is 403 g/mol. The SMILES string of the molecule is CC(C)(C)C(O[Si](C)(C)C)[Si](N1CCCC1)([Si](C)(C)C)[Si](C)(C)C. The average molecular weight is 404 g/mol. The summed E-state index contributed by atoms with van der Waals surface area (Å²) in [5.74, 6) is 0. The van der Waals surface area contributed by atoms with Crippen LogP contribution in [0.25, 0.3) is 0 Å². The quantitative estimate of drug-likeness (QED) is 0.530. The third kappa shape index (κ3) is 4.54. The van der Waals surface area contributed by atoms with Gasteiger partial charge < -0.3 is 8.99 Å². The molecule has 1 heterocycles. The molecule has 6 heteroatoms. The maximum absolute atomic E-state index is 7.16. The minimum absolute atomic E-state index is 0.232.